The number of aromatic amines is 1. The van der Waals surface area contributed by atoms with Crippen molar-refractivity contribution < 1.29 is 18.7 Å². The molecule has 2 N–H and O–H groups in total. The highest BCUT2D eigenvalue weighted by molar-refractivity contribution is 6.06. The summed E-state index contributed by atoms with van der Waals surface area (Å²) in [6, 6.07) is 21.0. The van der Waals surface area contributed by atoms with Gasteiger partial charge in [0.2, 0.25) is 0 Å². The summed E-state index contributed by atoms with van der Waals surface area (Å²) in [5.41, 5.74) is 4.51. The molecule has 3 aromatic carbocycles. The number of anilines is 1. The summed E-state index contributed by atoms with van der Waals surface area (Å²) in [4.78, 5) is 25.3. The molecule has 35 heavy (non-hydrogen) atoms. The first-order valence-corrected chi connectivity index (χ1v) is 11.1. The van der Waals surface area contributed by atoms with Gasteiger partial charge >= 0.3 is 0 Å². The number of fused-ring (bicyclic) bond motifs is 1. The van der Waals surface area contributed by atoms with Crippen molar-refractivity contribution in [3.05, 3.63) is 90.2 Å². The second-order valence-electron chi connectivity index (χ2n) is 7.91. The lowest BCUT2D eigenvalue weighted by Crippen LogP contribution is -2.15. The summed E-state index contributed by atoms with van der Waals surface area (Å²) in [5, 5.41) is 2.99. The third kappa shape index (κ3) is 4.59. The number of amides is 1. The standard InChI is InChI=1S/C27H24N4O4/c1-33-22-13-11-18(15-23(22)34-2)26-25(28-16-35-26)27(32)31-19-8-4-3-7-17(19)12-14-24-29-20-9-5-6-10-21(20)30-24/h3-11,13,15-16H,12,14H2,1-2H3,(H,29,30)(H,31,32). The SMILES string of the molecule is COc1ccc(-c2ocnc2C(=O)Nc2ccccc2CCc2nc3ccccc3[nH]2)cc1OC. The number of imidazole rings is 1. The number of oxazole rings is 1. The lowest BCUT2D eigenvalue weighted by atomic mass is 10.1. The summed E-state index contributed by atoms with van der Waals surface area (Å²) < 4.78 is 16.2. The normalized spacial score (nSPS) is 10.9. The summed E-state index contributed by atoms with van der Waals surface area (Å²) >= 11 is 0. The molecule has 176 valence electrons. The molecular formula is C27H24N4O4. The van der Waals surface area contributed by atoms with Crippen LogP contribution in [0.15, 0.2) is 77.5 Å². The zero-order chi connectivity index (χ0) is 24.2. The number of aromatic nitrogens is 3. The number of benzene rings is 3. The minimum absolute atomic E-state index is 0.185. The van der Waals surface area contributed by atoms with Gasteiger partial charge in [-0.05, 0) is 48.4 Å². The van der Waals surface area contributed by atoms with E-state index < -0.39 is 0 Å². The number of ether oxygens (including phenoxy) is 2. The van der Waals surface area contributed by atoms with Crippen LogP contribution in [0.1, 0.15) is 21.9 Å². The highest BCUT2D eigenvalue weighted by Crippen LogP contribution is 2.33. The van der Waals surface area contributed by atoms with E-state index >= 15 is 0 Å². The van der Waals surface area contributed by atoms with Gasteiger partial charge in [0, 0.05) is 17.7 Å². The topological polar surface area (TPSA) is 102 Å². The van der Waals surface area contributed by atoms with Gasteiger partial charge in [-0.2, -0.15) is 0 Å². The molecule has 2 heterocycles. The van der Waals surface area contributed by atoms with Crippen molar-refractivity contribution in [2.45, 2.75) is 12.8 Å². The summed E-state index contributed by atoms with van der Waals surface area (Å²) in [7, 11) is 3.12. The van der Waals surface area contributed by atoms with Crippen LogP contribution in [-0.2, 0) is 12.8 Å². The Morgan fingerprint density at radius 3 is 2.60 bits per heavy atom. The minimum atomic E-state index is -0.361. The van der Waals surface area contributed by atoms with E-state index in [0.29, 0.717) is 35.7 Å². The largest absolute Gasteiger partial charge is 0.493 e. The molecule has 0 aliphatic carbocycles. The minimum Gasteiger partial charge on any atom is -0.493 e. The molecule has 0 bridgehead atoms. The van der Waals surface area contributed by atoms with E-state index in [1.807, 2.05) is 48.5 Å². The van der Waals surface area contributed by atoms with Crippen molar-refractivity contribution in [3.8, 4) is 22.8 Å². The number of H-pyrrole nitrogens is 1. The number of para-hydroxylation sites is 3. The van der Waals surface area contributed by atoms with E-state index in [1.54, 1.807) is 32.4 Å². The fourth-order valence-corrected chi connectivity index (χ4v) is 4.01. The molecule has 5 rings (SSSR count). The van der Waals surface area contributed by atoms with Gasteiger partial charge in [0.1, 0.15) is 5.82 Å². The number of hydrogen-bond acceptors (Lipinski definition) is 6. The van der Waals surface area contributed by atoms with Gasteiger partial charge in [0.15, 0.2) is 29.3 Å². The van der Waals surface area contributed by atoms with Crippen LogP contribution in [0.4, 0.5) is 5.69 Å². The highest BCUT2D eigenvalue weighted by Gasteiger charge is 2.21. The van der Waals surface area contributed by atoms with Crippen LogP contribution < -0.4 is 14.8 Å². The molecule has 0 radical (unpaired) electrons. The fraction of sp³-hybridized carbons (Fsp3) is 0.148. The molecular weight excluding hydrogens is 444 g/mol. The molecule has 0 spiro atoms. The average Bonchev–Trinajstić information content (AvgIpc) is 3.55. The molecule has 1 amide bonds. The summed E-state index contributed by atoms with van der Waals surface area (Å²) in [6.07, 6.45) is 2.68. The number of rotatable bonds is 8. The molecule has 0 saturated carbocycles. The van der Waals surface area contributed by atoms with Crippen LogP contribution in [-0.4, -0.2) is 35.1 Å². The number of aryl methyl sites for hydroxylation is 2. The maximum atomic E-state index is 13.2. The van der Waals surface area contributed by atoms with Crippen LogP contribution >= 0.6 is 0 Å². The molecule has 0 fully saturated rings. The van der Waals surface area contributed by atoms with Crippen LogP contribution in [0.2, 0.25) is 0 Å². The molecule has 0 saturated heterocycles. The van der Waals surface area contributed by atoms with Gasteiger partial charge in [-0.1, -0.05) is 30.3 Å². The van der Waals surface area contributed by atoms with Gasteiger partial charge in [-0.15, -0.1) is 0 Å². The number of nitrogens with zero attached hydrogens (tertiary/aromatic N) is 2. The number of hydrogen-bond donors (Lipinski definition) is 2. The Bertz CT molecular complexity index is 1450. The Morgan fingerprint density at radius 2 is 1.77 bits per heavy atom. The van der Waals surface area contributed by atoms with Crippen molar-refractivity contribution in [2.24, 2.45) is 0 Å². The van der Waals surface area contributed by atoms with E-state index in [-0.39, 0.29) is 11.6 Å². The molecule has 8 heteroatoms. The quantitative estimate of drug-likeness (QED) is 0.322. The van der Waals surface area contributed by atoms with Crippen molar-refractivity contribution in [1.29, 1.82) is 0 Å². The van der Waals surface area contributed by atoms with Crippen LogP contribution in [0.5, 0.6) is 11.5 Å². The predicted octanol–water partition coefficient (Wildman–Crippen LogP) is 5.27. The predicted molar refractivity (Wildman–Crippen MR) is 133 cm³/mol. The van der Waals surface area contributed by atoms with Gasteiger partial charge in [0.05, 0.1) is 25.3 Å². The first kappa shape index (κ1) is 22.2. The Hall–Kier alpha value is -4.59. The Balaban J connectivity index is 1.35. The molecule has 8 nitrogen and oxygen atoms in total. The monoisotopic (exact) mass is 468 g/mol. The van der Waals surface area contributed by atoms with E-state index in [1.165, 1.54) is 6.39 Å². The first-order chi connectivity index (χ1) is 17.2. The maximum absolute atomic E-state index is 13.2. The molecule has 2 aromatic heterocycles. The molecule has 0 aliphatic heterocycles. The molecule has 0 unspecified atom stereocenters. The number of nitrogens with one attached hydrogen (secondary N) is 2. The van der Waals surface area contributed by atoms with Crippen molar-refractivity contribution in [1.82, 2.24) is 15.0 Å². The molecule has 5 aromatic rings. The lowest BCUT2D eigenvalue weighted by Gasteiger charge is -2.11. The van der Waals surface area contributed by atoms with E-state index in [0.717, 1.165) is 28.1 Å². The lowest BCUT2D eigenvalue weighted by molar-refractivity contribution is 0.102. The van der Waals surface area contributed by atoms with Crippen molar-refractivity contribution in [2.75, 3.05) is 19.5 Å². The second kappa shape index (κ2) is 9.72. The maximum Gasteiger partial charge on any atom is 0.278 e. The van der Waals surface area contributed by atoms with Crippen molar-refractivity contribution in [3.63, 3.8) is 0 Å². The smallest absolute Gasteiger partial charge is 0.278 e. The van der Waals surface area contributed by atoms with E-state index in [9.17, 15) is 4.79 Å². The van der Waals surface area contributed by atoms with Gasteiger partial charge in [0.25, 0.3) is 5.91 Å². The fourth-order valence-electron chi connectivity index (χ4n) is 4.01. The Labute approximate surface area is 201 Å². The summed E-state index contributed by atoms with van der Waals surface area (Å²) in [5.74, 6) is 2.01. The van der Waals surface area contributed by atoms with E-state index in [2.05, 4.69) is 20.3 Å². The van der Waals surface area contributed by atoms with Gasteiger partial charge in [-0.3, -0.25) is 4.79 Å². The van der Waals surface area contributed by atoms with Crippen LogP contribution in [0.25, 0.3) is 22.4 Å². The Kier molecular flexibility index (Phi) is 6.17. The average molecular weight is 469 g/mol. The van der Waals surface area contributed by atoms with Crippen LogP contribution in [0, 0.1) is 0 Å². The third-order valence-corrected chi connectivity index (χ3v) is 5.76. The molecule has 0 aliphatic rings. The van der Waals surface area contributed by atoms with Gasteiger partial charge < -0.3 is 24.2 Å². The summed E-state index contributed by atoms with van der Waals surface area (Å²) in [6.45, 7) is 0. The van der Waals surface area contributed by atoms with Crippen molar-refractivity contribution >= 4 is 22.6 Å². The van der Waals surface area contributed by atoms with Crippen LogP contribution in [0.3, 0.4) is 0 Å². The highest BCUT2D eigenvalue weighted by atomic mass is 16.5. The number of carbonyl (C=O) groups excluding carboxylic acids is 1. The number of carbonyl (C=O) groups is 1. The zero-order valence-electron chi connectivity index (χ0n) is 19.4. The number of methoxy groups -OCH3 is 2. The van der Waals surface area contributed by atoms with Gasteiger partial charge in [-0.25, -0.2) is 9.97 Å². The zero-order valence-corrected chi connectivity index (χ0v) is 19.4. The van der Waals surface area contributed by atoms with E-state index in [4.69, 9.17) is 13.9 Å². The first-order valence-electron chi connectivity index (χ1n) is 11.1. The molecule has 0 atom stereocenters. The third-order valence-electron chi connectivity index (χ3n) is 5.76. The second-order valence-corrected chi connectivity index (χ2v) is 7.91. The Morgan fingerprint density at radius 1 is 0.971 bits per heavy atom.